The standard InChI is InChI=1S/C7H5F2.Zn/c1-5-2-3-6(8)4-7(5)9;/h2-4H,1H2;. The van der Waals surface area contributed by atoms with Crippen molar-refractivity contribution in [2.75, 3.05) is 0 Å². The number of rotatable bonds is 0. The van der Waals surface area contributed by atoms with Crippen molar-refractivity contribution in [3.63, 3.8) is 0 Å². The Labute approximate surface area is 71.0 Å². The summed E-state index contributed by atoms with van der Waals surface area (Å²) in [6.45, 7) is 3.32. The van der Waals surface area contributed by atoms with Crippen molar-refractivity contribution in [2.24, 2.45) is 0 Å². The molecule has 49 valence electrons. The van der Waals surface area contributed by atoms with E-state index in [-0.39, 0.29) is 25.0 Å². The molecule has 10 heavy (non-hydrogen) atoms. The molecule has 0 amide bonds. The van der Waals surface area contributed by atoms with Crippen molar-refractivity contribution >= 4 is 0 Å². The molecule has 0 aliphatic carbocycles. The Morgan fingerprint density at radius 2 is 1.80 bits per heavy atom. The van der Waals surface area contributed by atoms with E-state index in [2.05, 4.69) is 6.92 Å². The third-order valence-electron chi connectivity index (χ3n) is 1.02. The molecule has 0 atom stereocenters. The minimum absolute atomic E-state index is 0. The molecule has 0 bridgehead atoms. The zero-order valence-corrected chi connectivity index (χ0v) is 8.37. The van der Waals surface area contributed by atoms with Crippen LogP contribution in [0.1, 0.15) is 5.56 Å². The summed E-state index contributed by atoms with van der Waals surface area (Å²) in [5.74, 6) is -1.17. The first-order valence-corrected chi connectivity index (χ1v) is 2.47. The van der Waals surface area contributed by atoms with Gasteiger partial charge in [0.15, 0.2) is 0 Å². The number of benzene rings is 1. The molecule has 0 N–H and O–H groups in total. The zero-order valence-electron chi connectivity index (χ0n) is 5.40. The van der Waals surface area contributed by atoms with E-state index < -0.39 is 11.6 Å². The Bertz CT molecular complexity index is 223. The summed E-state index contributed by atoms with van der Waals surface area (Å²) >= 11 is 0. The molecule has 0 nitrogen and oxygen atoms in total. The molecular formula is C7H5F2Zn. The SMILES string of the molecule is [CH2]c1ccc(F)cc1F.[Zn]. The smallest absolute Gasteiger partial charge is 0.129 e. The normalized spacial score (nSPS) is 8.70. The first-order chi connectivity index (χ1) is 4.20. The second-order valence-corrected chi connectivity index (χ2v) is 1.74. The minimum Gasteiger partial charge on any atom is -0.207 e. The summed E-state index contributed by atoms with van der Waals surface area (Å²) in [7, 11) is 0. The van der Waals surface area contributed by atoms with Crippen LogP contribution in [0.5, 0.6) is 0 Å². The van der Waals surface area contributed by atoms with Crippen molar-refractivity contribution in [2.45, 2.75) is 0 Å². The Morgan fingerprint density at radius 1 is 1.20 bits per heavy atom. The third kappa shape index (κ3) is 2.15. The second kappa shape index (κ2) is 3.77. The summed E-state index contributed by atoms with van der Waals surface area (Å²) < 4.78 is 24.4. The summed E-state index contributed by atoms with van der Waals surface area (Å²) in [4.78, 5) is 0. The van der Waals surface area contributed by atoms with Gasteiger partial charge in [-0.2, -0.15) is 0 Å². The van der Waals surface area contributed by atoms with Gasteiger partial charge >= 0.3 is 0 Å². The van der Waals surface area contributed by atoms with Crippen LogP contribution in [0, 0.1) is 18.6 Å². The maximum atomic E-state index is 12.3. The molecule has 0 spiro atoms. The summed E-state index contributed by atoms with van der Waals surface area (Å²) in [5, 5.41) is 0. The average molecular weight is 193 g/mol. The number of hydrogen-bond donors (Lipinski definition) is 0. The Kier molecular flexibility index (Phi) is 3.66. The van der Waals surface area contributed by atoms with Crippen LogP contribution in [0.25, 0.3) is 0 Å². The van der Waals surface area contributed by atoms with Crippen molar-refractivity contribution in [3.05, 3.63) is 42.3 Å². The van der Waals surface area contributed by atoms with Crippen molar-refractivity contribution in [1.82, 2.24) is 0 Å². The number of hydrogen-bond acceptors (Lipinski definition) is 0. The molecule has 0 aliphatic heterocycles. The molecule has 0 aromatic heterocycles. The molecule has 0 saturated carbocycles. The van der Waals surface area contributed by atoms with Gasteiger partial charge in [0.25, 0.3) is 0 Å². The van der Waals surface area contributed by atoms with Crippen LogP contribution in [0.4, 0.5) is 8.78 Å². The molecule has 1 radical (unpaired) electrons. The van der Waals surface area contributed by atoms with Crippen LogP contribution in [-0.4, -0.2) is 0 Å². The van der Waals surface area contributed by atoms with E-state index in [0.29, 0.717) is 0 Å². The largest absolute Gasteiger partial charge is 0.207 e. The Hall–Kier alpha value is -0.297. The first kappa shape index (κ1) is 9.70. The third-order valence-corrected chi connectivity index (χ3v) is 1.02. The molecule has 1 rings (SSSR count). The topological polar surface area (TPSA) is 0 Å². The molecule has 3 heteroatoms. The van der Waals surface area contributed by atoms with E-state index in [0.717, 1.165) is 6.07 Å². The predicted molar refractivity (Wildman–Crippen MR) is 30.8 cm³/mol. The maximum absolute atomic E-state index is 12.3. The van der Waals surface area contributed by atoms with Crippen LogP contribution < -0.4 is 0 Å². The van der Waals surface area contributed by atoms with Gasteiger partial charge in [-0.25, -0.2) is 8.78 Å². The van der Waals surface area contributed by atoms with Gasteiger partial charge in [-0.05, 0) is 18.6 Å². The maximum Gasteiger partial charge on any atom is 0.129 e. The van der Waals surface area contributed by atoms with Crippen LogP contribution in [0.15, 0.2) is 18.2 Å². The van der Waals surface area contributed by atoms with Gasteiger partial charge in [0.05, 0.1) is 0 Å². The van der Waals surface area contributed by atoms with Gasteiger partial charge in [-0.1, -0.05) is 6.07 Å². The van der Waals surface area contributed by atoms with E-state index in [1.165, 1.54) is 12.1 Å². The van der Waals surface area contributed by atoms with Crippen molar-refractivity contribution < 1.29 is 28.3 Å². The Balaban J connectivity index is 0.000000810. The van der Waals surface area contributed by atoms with Gasteiger partial charge in [-0.15, -0.1) is 0 Å². The Morgan fingerprint density at radius 3 is 2.20 bits per heavy atom. The van der Waals surface area contributed by atoms with Crippen LogP contribution in [-0.2, 0) is 19.5 Å². The van der Waals surface area contributed by atoms with E-state index in [9.17, 15) is 8.78 Å². The molecule has 0 aliphatic rings. The predicted octanol–water partition coefficient (Wildman–Crippen LogP) is 2.14. The van der Waals surface area contributed by atoms with Gasteiger partial charge in [0.2, 0.25) is 0 Å². The van der Waals surface area contributed by atoms with E-state index in [4.69, 9.17) is 0 Å². The molecule has 0 saturated heterocycles. The van der Waals surface area contributed by atoms with Crippen molar-refractivity contribution in [3.8, 4) is 0 Å². The fourth-order valence-electron chi connectivity index (χ4n) is 0.522. The fourth-order valence-corrected chi connectivity index (χ4v) is 0.522. The van der Waals surface area contributed by atoms with Crippen LogP contribution >= 0.6 is 0 Å². The second-order valence-electron chi connectivity index (χ2n) is 1.74. The molecule has 0 fully saturated rings. The first-order valence-electron chi connectivity index (χ1n) is 2.47. The van der Waals surface area contributed by atoms with Gasteiger partial charge in [0.1, 0.15) is 11.6 Å². The zero-order chi connectivity index (χ0) is 6.85. The van der Waals surface area contributed by atoms with Gasteiger partial charge < -0.3 is 0 Å². The van der Waals surface area contributed by atoms with Crippen molar-refractivity contribution in [1.29, 1.82) is 0 Å². The summed E-state index contributed by atoms with van der Waals surface area (Å²) in [6.07, 6.45) is 0. The summed E-state index contributed by atoms with van der Waals surface area (Å²) in [5.41, 5.74) is 0.219. The molecular weight excluding hydrogens is 187 g/mol. The minimum atomic E-state index is -0.602. The van der Waals surface area contributed by atoms with E-state index >= 15 is 0 Å². The monoisotopic (exact) mass is 191 g/mol. The quantitative estimate of drug-likeness (QED) is 0.553. The number of halogens is 2. The molecule has 1 aromatic carbocycles. The van der Waals surface area contributed by atoms with Crippen LogP contribution in [0.3, 0.4) is 0 Å². The fraction of sp³-hybridized carbons (Fsp3) is 0. The van der Waals surface area contributed by atoms with Crippen LogP contribution in [0.2, 0.25) is 0 Å². The molecule has 0 heterocycles. The van der Waals surface area contributed by atoms with Gasteiger partial charge in [-0.3, -0.25) is 0 Å². The molecule has 0 unspecified atom stereocenters. The molecule has 1 aromatic rings. The average Bonchev–Trinajstić information content (AvgIpc) is 1.80. The van der Waals surface area contributed by atoms with Gasteiger partial charge in [0, 0.05) is 25.5 Å². The van der Waals surface area contributed by atoms with E-state index in [1.54, 1.807) is 0 Å². The van der Waals surface area contributed by atoms with E-state index in [1.807, 2.05) is 0 Å². The summed E-state index contributed by atoms with van der Waals surface area (Å²) in [6, 6.07) is 3.28.